The van der Waals surface area contributed by atoms with Crippen LogP contribution in [0.3, 0.4) is 0 Å². The highest BCUT2D eigenvalue weighted by Crippen LogP contribution is 2.30. The van der Waals surface area contributed by atoms with E-state index in [1.165, 1.54) is 17.8 Å². The zero-order valence-electron chi connectivity index (χ0n) is 16.2. The summed E-state index contributed by atoms with van der Waals surface area (Å²) in [5, 5.41) is 6.46. The molecule has 150 valence electrons. The van der Waals surface area contributed by atoms with E-state index in [4.69, 9.17) is 4.74 Å². The van der Waals surface area contributed by atoms with Gasteiger partial charge in [0.25, 0.3) is 5.91 Å². The Labute approximate surface area is 173 Å². The van der Waals surface area contributed by atoms with Crippen LogP contribution >= 0.6 is 11.3 Å². The van der Waals surface area contributed by atoms with E-state index >= 15 is 0 Å². The zero-order chi connectivity index (χ0) is 20.2. The van der Waals surface area contributed by atoms with Crippen molar-refractivity contribution in [2.24, 2.45) is 5.92 Å². The number of aromatic nitrogens is 1. The van der Waals surface area contributed by atoms with Gasteiger partial charge in [-0.05, 0) is 49.2 Å². The van der Waals surface area contributed by atoms with E-state index in [1.807, 2.05) is 18.2 Å². The SMILES string of the molecule is COc1cccc(C(=O)Nc2ccc3sc(NC(=O)C4CCCCC4)nc3c2)c1. The molecule has 1 saturated carbocycles. The molecule has 4 rings (SSSR count). The summed E-state index contributed by atoms with van der Waals surface area (Å²) in [6, 6.07) is 12.6. The lowest BCUT2D eigenvalue weighted by Gasteiger charge is -2.19. The van der Waals surface area contributed by atoms with Gasteiger partial charge in [-0.25, -0.2) is 4.98 Å². The molecule has 6 nitrogen and oxygen atoms in total. The highest BCUT2D eigenvalue weighted by atomic mass is 32.1. The number of methoxy groups -OCH3 is 1. The summed E-state index contributed by atoms with van der Waals surface area (Å²) in [4.78, 5) is 29.5. The summed E-state index contributed by atoms with van der Waals surface area (Å²) in [6.45, 7) is 0. The molecule has 29 heavy (non-hydrogen) atoms. The van der Waals surface area contributed by atoms with Gasteiger partial charge < -0.3 is 15.4 Å². The maximum absolute atomic E-state index is 12.5. The predicted molar refractivity (Wildman–Crippen MR) is 116 cm³/mol. The molecule has 0 radical (unpaired) electrons. The van der Waals surface area contributed by atoms with Gasteiger partial charge in [-0.3, -0.25) is 9.59 Å². The standard InChI is InChI=1S/C22H23N3O3S/c1-28-17-9-5-8-15(12-17)21(27)23-16-10-11-19-18(13-16)24-22(29-19)25-20(26)14-6-3-2-4-7-14/h5,8-14H,2-4,6-7H2,1H3,(H,23,27)(H,24,25,26). The molecule has 3 aromatic rings. The number of hydrogen-bond donors (Lipinski definition) is 2. The van der Waals surface area contributed by atoms with Gasteiger partial charge in [0, 0.05) is 17.2 Å². The molecular weight excluding hydrogens is 386 g/mol. The molecule has 1 fully saturated rings. The molecule has 0 saturated heterocycles. The number of carbonyl (C=O) groups is 2. The first-order chi connectivity index (χ1) is 14.1. The van der Waals surface area contributed by atoms with Crippen molar-refractivity contribution >= 4 is 44.2 Å². The molecule has 1 heterocycles. The van der Waals surface area contributed by atoms with E-state index in [1.54, 1.807) is 31.4 Å². The van der Waals surface area contributed by atoms with Gasteiger partial charge >= 0.3 is 0 Å². The van der Waals surface area contributed by atoms with Crippen LogP contribution in [0.5, 0.6) is 5.75 Å². The van der Waals surface area contributed by atoms with Gasteiger partial charge in [0.05, 0.1) is 17.3 Å². The molecule has 1 aliphatic carbocycles. The van der Waals surface area contributed by atoms with Gasteiger partial charge in [-0.1, -0.05) is 36.7 Å². The van der Waals surface area contributed by atoms with Gasteiger partial charge in [0.1, 0.15) is 5.75 Å². The lowest BCUT2D eigenvalue weighted by Crippen LogP contribution is -2.24. The topological polar surface area (TPSA) is 80.3 Å². The van der Waals surface area contributed by atoms with E-state index in [0.29, 0.717) is 22.1 Å². The highest BCUT2D eigenvalue weighted by molar-refractivity contribution is 7.22. The van der Waals surface area contributed by atoms with Gasteiger partial charge in [-0.15, -0.1) is 0 Å². The number of carbonyl (C=O) groups excluding carboxylic acids is 2. The Hall–Kier alpha value is -2.93. The molecule has 0 spiro atoms. The van der Waals surface area contributed by atoms with Crippen molar-refractivity contribution in [1.82, 2.24) is 4.98 Å². The molecule has 0 aliphatic heterocycles. The van der Waals surface area contributed by atoms with Crippen molar-refractivity contribution < 1.29 is 14.3 Å². The van der Waals surface area contributed by atoms with Crippen LogP contribution in [0.15, 0.2) is 42.5 Å². The molecule has 2 aromatic carbocycles. The van der Waals surface area contributed by atoms with E-state index in [2.05, 4.69) is 15.6 Å². The summed E-state index contributed by atoms with van der Waals surface area (Å²) in [6.07, 6.45) is 5.37. The summed E-state index contributed by atoms with van der Waals surface area (Å²) < 4.78 is 6.13. The summed E-state index contributed by atoms with van der Waals surface area (Å²) in [5.74, 6) is 0.569. The average Bonchev–Trinajstić information content (AvgIpc) is 3.15. The summed E-state index contributed by atoms with van der Waals surface area (Å²) in [5.41, 5.74) is 1.92. The molecule has 1 aliphatic rings. The van der Waals surface area contributed by atoms with Crippen molar-refractivity contribution in [2.75, 3.05) is 17.7 Å². The fourth-order valence-corrected chi connectivity index (χ4v) is 4.45. The first-order valence-corrected chi connectivity index (χ1v) is 10.6. The van der Waals surface area contributed by atoms with Crippen LogP contribution in [0.25, 0.3) is 10.2 Å². The molecule has 2 N–H and O–H groups in total. The predicted octanol–water partition coefficient (Wildman–Crippen LogP) is 5.08. The van der Waals surface area contributed by atoms with Crippen LogP contribution in [-0.4, -0.2) is 23.9 Å². The molecule has 1 aromatic heterocycles. The smallest absolute Gasteiger partial charge is 0.255 e. The van der Waals surface area contributed by atoms with Crippen LogP contribution in [0.4, 0.5) is 10.8 Å². The van der Waals surface area contributed by atoms with Crippen molar-refractivity contribution in [3.8, 4) is 5.75 Å². The first-order valence-electron chi connectivity index (χ1n) is 9.79. The number of benzene rings is 2. The number of thiazole rings is 1. The number of nitrogens with zero attached hydrogens (tertiary/aromatic N) is 1. The number of amides is 2. The van der Waals surface area contributed by atoms with Crippen LogP contribution in [0.1, 0.15) is 42.5 Å². The van der Waals surface area contributed by atoms with Crippen LogP contribution in [0, 0.1) is 5.92 Å². The molecule has 0 unspecified atom stereocenters. The van der Waals surface area contributed by atoms with Crippen LogP contribution in [-0.2, 0) is 4.79 Å². The Bertz CT molecular complexity index is 1040. The quantitative estimate of drug-likeness (QED) is 0.616. The Morgan fingerprint density at radius 3 is 2.69 bits per heavy atom. The molecule has 2 amide bonds. The largest absolute Gasteiger partial charge is 0.497 e. The number of anilines is 2. The monoisotopic (exact) mass is 409 g/mol. The second-order valence-electron chi connectivity index (χ2n) is 7.21. The third-order valence-corrected chi connectivity index (χ3v) is 6.14. The van der Waals surface area contributed by atoms with E-state index in [-0.39, 0.29) is 17.7 Å². The molecular formula is C22H23N3O3S. The van der Waals surface area contributed by atoms with Gasteiger partial charge in [0.2, 0.25) is 5.91 Å². The molecule has 0 bridgehead atoms. The fourth-order valence-electron chi connectivity index (χ4n) is 3.60. The molecule has 0 atom stereocenters. The van der Waals surface area contributed by atoms with Crippen molar-refractivity contribution in [3.63, 3.8) is 0 Å². The third kappa shape index (κ3) is 4.56. The maximum Gasteiger partial charge on any atom is 0.255 e. The Morgan fingerprint density at radius 1 is 1.07 bits per heavy atom. The lowest BCUT2D eigenvalue weighted by molar-refractivity contribution is -0.120. The maximum atomic E-state index is 12.5. The van der Waals surface area contributed by atoms with Crippen molar-refractivity contribution in [2.45, 2.75) is 32.1 Å². The average molecular weight is 410 g/mol. The van der Waals surface area contributed by atoms with E-state index in [9.17, 15) is 9.59 Å². The number of fused-ring (bicyclic) bond motifs is 1. The Balaban J connectivity index is 1.46. The minimum absolute atomic E-state index is 0.0651. The minimum Gasteiger partial charge on any atom is -0.497 e. The van der Waals surface area contributed by atoms with Crippen LogP contribution in [0.2, 0.25) is 0 Å². The number of hydrogen-bond acceptors (Lipinski definition) is 5. The Kier molecular flexibility index (Phi) is 5.76. The second-order valence-corrected chi connectivity index (χ2v) is 8.24. The van der Waals surface area contributed by atoms with E-state index in [0.717, 1.165) is 35.9 Å². The number of rotatable bonds is 5. The number of nitrogens with one attached hydrogen (secondary N) is 2. The van der Waals surface area contributed by atoms with Crippen LogP contribution < -0.4 is 15.4 Å². The zero-order valence-corrected chi connectivity index (χ0v) is 17.1. The van der Waals surface area contributed by atoms with Crippen molar-refractivity contribution in [3.05, 3.63) is 48.0 Å². The third-order valence-electron chi connectivity index (χ3n) is 5.18. The Morgan fingerprint density at radius 2 is 1.90 bits per heavy atom. The van der Waals surface area contributed by atoms with Gasteiger partial charge in [0.15, 0.2) is 5.13 Å². The highest BCUT2D eigenvalue weighted by Gasteiger charge is 2.22. The molecule has 7 heteroatoms. The normalized spacial score (nSPS) is 14.5. The number of ether oxygens (including phenoxy) is 1. The van der Waals surface area contributed by atoms with E-state index < -0.39 is 0 Å². The van der Waals surface area contributed by atoms with Gasteiger partial charge in [-0.2, -0.15) is 0 Å². The second kappa shape index (κ2) is 8.61. The fraction of sp³-hybridized carbons (Fsp3) is 0.318. The summed E-state index contributed by atoms with van der Waals surface area (Å²) in [7, 11) is 1.57. The first kappa shape index (κ1) is 19.4. The lowest BCUT2D eigenvalue weighted by atomic mass is 9.89. The van der Waals surface area contributed by atoms with Crippen molar-refractivity contribution in [1.29, 1.82) is 0 Å². The minimum atomic E-state index is -0.218. The summed E-state index contributed by atoms with van der Waals surface area (Å²) >= 11 is 1.45.